The third kappa shape index (κ3) is 5.47. The molecule has 2 unspecified atom stereocenters. The zero-order valence-corrected chi connectivity index (χ0v) is 17.5. The first-order valence-electron chi connectivity index (χ1n) is 8.50. The minimum absolute atomic E-state index is 0.171. The Morgan fingerprint density at radius 2 is 1.89 bits per heavy atom. The molecule has 0 saturated carbocycles. The molecule has 8 heteroatoms. The summed E-state index contributed by atoms with van der Waals surface area (Å²) in [5.74, 6) is -1.07. The van der Waals surface area contributed by atoms with Crippen LogP contribution in [-0.4, -0.2) is 38.1 Å². The molecule has 2 atom stereocenters. The van der Waals surface area contributed by atoms with E-state index in [2.05, 4.69) is 16.9 Å². The van der Waals surface area contributed by atoms with Crippen LogP contribution in [0.2, 0.25) is 0 Å². The molecule has 28 heavy (non-hydrogen) atoms. The Morgan fingerprint density at radius 1 is 1.21 bits per heavy atom. The number of pyridine rings is 1. The molecule has 2 amide bonds. The summed E-state index contributed by atoms with van der Waals surface area (Å²) in [6.45, 7) is 5.50. The van der Waals surface area contributed by atoms with Gasteiger partial charge in [-0.15, -0.1) is 6.58 Å². The Hall–Kier alpha value is -2.08. The van der Waals surface area contributed by atoms with E-state index in [1.807, 2.05) is 30.3 Å². The lowest BCUT2D eigenvalue weighted by atomic mass is 10.0. The molecule has 0 radical (unpaired) electrons. The molecule has 0 spiro atoms. The van der Waals surface area contributed by atoms with E-state index in [0.717, 1.165) is 5.56 Å². The highest BCUT2D eigenvalue weighted by atomic mass is 35.6. The predicted octanol–water partition coefficient (Wildman–Crippen LogP) is 4.33. The van der Waals surface area contributed by atoms with E-state index >= 15 is 0 Å². The first-order chi connectivity index (χ1) is 13.3. The minimum Gasteiger partial charge on any atom is -0.351 e. The van der Waals surface area contributed by atoms with Crippen LogP contribution in [0.3, 0.4) is 0 Å². The van der Waals surface area contributed by atoms with Gasteiger partial charge in [-0.2, -0.15) is 0 Å². The Bertz CT molecular complexity index is 810. The number of rotatable bonds is 7. The van der Waals surface area contributed by atoms with Gasteiger partial charge in [0.25, 0.3) is 5.91 Å². The van der Waals surface area contributed by atoms with Crippen LogP contribution in [0.1, 0.15) is 28.9 Å². The van der Waals surface area contributed by atoms with Crippen molar-refractivity contribution in [3.8, 4) is 0 Å². The lowest BCUT2D eigenvalue weighted by Crippen LogP contribution is -2.56. The zero-order chi connectivity index (χ0) is 20.7. The van der Waals surface area contributed by atoms with Gasteiger partial charge in [0.15, 0.2) is 6.04 Å². The molecule has 2 rings (SSSR count). The quantitative estimate of drug-likeness (QED) is 0.515. The molecule has 0 aliphatic carbocycles. The second-order valence-electron chi connectivity index (χ2n) is 6.02. The maximum absolute atomic E-state index is 13.3. The molecular formula is C20H20Cl3N3O2. The Labute approximate surface area is 179 Å². The number of hydrogen-bond acceptors (Lipinski definition) is 3. The Kier molecular flexibility index (Phi) is 7.87. The summed E-state index contributed by atoms with van der Waals surface area (Å²) in [7, 11) is 0. The van der Waals surface area contributed by atoms with Gasteiger partial charge < -0.3 is 10.2 Å². The van der Waals surface area contributed by atoms with Crippen LogP contribution in [0.15, 0.2) is 67.5 Å². The van der Waals surface area contributed by atoms with E-state index in [1.165, 1.54) is 17.2 Å². The van der Waals surface area contributed by atoms with Crippen molar-refractivity contribution >= 4 is 46.6 Å². The van der Waals surface area contributed by atoms with Crippen LogP contribution in [0.4, 0.5) is 0 Å². The molecule has 0 fully saturated rings. The SMILES string of the molecule is C=CCNC(=O)C(N(C(=O)c1cccnc1)C(C)c1ccccc1)C(Cl)(Cl)Cl. The zero-order valence-electron chi connectivity index (χ0n) is 15.2. The fraction of sp³-hybridized carbons (Fsp3) is 0.250. The summed E-state index contributed by atoms with van der Waals surface area (Å²) in [4.78, 5) is 31.4. The van der Waals surface area contributed by atoms with Gasteiger partial charge in [-0.25, -0.2) is 0 Å². The monoisotopic (exact) mass is 439 g/mol. The van der Waals surface area contributed by atoms with Crippen molar-refractivity contribution in [3.63, 3.8) is 0 Å². The standard InChI is InChI=1S/C20H20Cl3N3O2/c1-3-11-25-18(27)17(20(21,22)23)26(14(2)15-8-5-4-6-9-15)19(28)16-10-7-12-24-13-16/h3-10,12-14,17H,1,11H2,2H3,(H,25,27). The largest absolute Gasteiger partial charge is 0.351 e. The number of alkyl halides is 3. The molecule has 0 aliphatic heterocycles. The van der Waals surface area contributed by atoms with Crippen molar-refractivity contribution < 1.29 is 9.59 Å². The number of aromatic nitrogens is 1. The highest BCUT2D eigenvalue weighted by molar-refractivity contribution is 6.69. The number of carbonyl (C=O) groups excluding carboxylic acids is 2. The molecule has 2 aromatic rings. The molecular weight excluding hydrogens is 421 g/mol. The summed E-state index contributed by atoms with van der Waals surface area (Å²) in [6, 6.07) is 10.5. The van der Waals surface area contributed by atoms with E-state index in [9.17, 15) is 9.59 Å². The van der Waals surface area contributed by atoms with Crippen molar-refractivity contribution in [2.75, 3.05) is 6.54 Å². The van der Waals surface area contributed by atoms with Crippen LogP contribution in [0.25, 0.3) is 0 Å². The summed E-state index contributed by atoms with van der Waals surface area (Å²) in [6.07, 6.45) is 4.45. The van der Waals surface area contributed by atoms with Gasteiger partial charge in [-0.3, -0.25) is 14.6 Å². The fourth-order valence-electron chi connectivity index (χ4n) is 2.75. The van der Waals surface area contributed by atoms with Gasteiger partial charge in [-0.05, 0) is 24.6 Å². The third-order valence-corrected chi connectivity index (χ3v) is 4.72. The third-order valence-electron chi connectivity index (χ3n) is 4.10. The highest BCUT2D eigenvalue weighted by Gasteiger charge is 2.47. The van der Waals surface area contributed by atoms with Gasteiger partial charge >= 0.3 is 0 Å². The van der Waals surface area contributed by atoms with E-state index in [-0.39, 0.29) is 12.1 Å². The molecule has 0 saturated heterocycles. The maximum Gasteiger partial charge on any atom is 0.256 e. The average molecular weight is 441 g/mol. The number of halogens is 3. The molecule has 1 heterocycles. The number of nitrogens with zero attached hydrogens (tertiary/aromatic N) is 2. The number of amides is 2. The van der Waals surface area contributed by atoms with Crippen LogP contribution < -0.4 is 5.32 Å². The van der Waals surface area contributed by atoms with Crippen molar-refractivity contribution in [3.05, 3.63) is 78.6 Å². The summed E-state index contributed by atoms with van der Waals surface area (Å²) >= 11 is 18.5. The lowest BCUT2D eigenvalue weighted by Gasteiger charge is -2.39. The fourth-order valence-corrected chi connectivity index (χ4v) is 3.36. The van der Waals surface area contributed by atoms with Crippen molar-refractivity contribution in [1.82, 2.24) is 15.2 Å². The number of carbonyl (C=O) groups is 2. The van der Waals surface area contributed by atoms with Crippen molar-refractivity contribution in [2.24, 2.45) is 0 Å². The van der Waals surface area contributed by atoms with Crippen LogP contribution in [0, 0.1) is 0 Å². The van der Waals surface area contributed by atoms with E-state index in [4.69, 9.17) is 34.8 Å². The minimum atomic E-state index is -2.06. The van der Waals surface area contributed by atoms with Crippen molar-refractivity contribution in [1.29, 1.82) is 0 Å². The Morgan fingerprint density at radius 3 is 2.43 bits per heavy atom. The molecule has 148 valence electrons. The molecule has 1 aromatic carbocycles. The van der Waals surface area contributed by atoms with Gasteiger partial charge in [0, 0.05) is 18.9 Å². The first-order valence-corrected chi connectivity index (χ1v) is 9.63. The summed E-state index contributed by atoms with van der Waals surface area (Å²) < 4.78 is -2.06. The first kappa shape index (κ1) is 22.2. The van der Waals surface area contributed by atoms with Crippen LogP contribution >= 0.6 is 34.8 Å². The van der Waals surface area contributed by atoms with Gasteiger partial charge in [0.2, 0.25) is 9.70 Å². The maximum atomic E-state index is 13.3. The average Bonchev–Trinajstić information content (AvgIpc) is 2.69. The summed E-state index contributed by atoms with van der Waals surface area (Å²) in [5.41, 5.74) is 1.07. The van der Waals surface area contributed by atoms with Crippen LogP contribution in [-0.2, 0) is 4.79 Å². The van der Waals surface area contributed by atoms with Gasteiger partial charge in [-0.1, -0.05) is 71.2 Å². The lowest BCUT2D eigenvalue weighted by molar-refractivity contribution is -0.126. The molecule has 0 bridgehead atoms. The van der Waals surface area contributed by atoms with Crippen LogP contribution in [0.5, 0.6) is 0 Å². The second-order valence-corrected chi connectivity index (χ2v) is 8.39. The number of nitrogens with one attached hydrogen (secondary N) is 1. The van der Waals surface area contributed by atoms with Crippen molar-refractivity contribution in [2.45, 2.75) is 22.8 Å². The predicted molar refractivity (Wildman–Crippen MR) is 113 cm³/mol. The summed E-state index contributed by atoms with van der Waals surface area (Å²) in [5, 5.41) is 2.61. The van der Waals surface area contributed by atoms with E-state index < -0.39 is 27.7 Å². The second kappa shape index (κ2) is 9.92. The Balaban J connectivity index is 2.55. The molecule has 1 aromatic heterocycles. The normalized spacial score (nSPS) is 13.3. The smallest absolute Gasteiger partial charge is 0.256 e. The van der Waals surface area contributed by atoms with Gasteiger partial charge in [0.05, 0.1) is 11.6 Å². The number of benzene rings is 1. The highest BCUT2D eigenvalue weighted by Crippen LogP contribution is 2.38. The topological polar surface area (TPSA) is 62.3 Å². The number of hydrogen-bond donors (Lipinski definition) is 1. The van der Waals surface area contributed by atoms with E-state index in [0.29, 0.717) is 0 Å². The molecule has 1 N–H and O–H groups in total. The molecule has 0 aliphatic rings. The van der Waals surface area contributed by atoms with E-state index in [1.54, 1.807) is 25.3 Å². The molecule has 5 nitrogen and oxygen atoms in total. The van der Waals surface area contributed by atoms with Gasteiger partial charge in [0.1, 0.15) is 0 Å².